The van der Waals surface area contributed by atoms with Gasteiger partial charge in [-0.1, -0.05) is 5.16 Å². The molecule has 0 aliphatic rings. The number of nitrogens with one attached hydrogen (secondary N) is 1. The number of hydrogen-bond donors (Lipinski definition) is 2. The zero-order valence-electron chi connectivity index (χ0n) is 8.89. The summed E-state index contributed by atoms with van der Waals surface area (Å²) in [7, 11) is 0. The molecule has 1 unspecified atom stereocenters. The van der Waals surface area contributed by atoms with Crippen LogP contribution >= 0.6 is 11.8 Å². The Kier molecular flexibility index (Phi) is 4.29. The van der Waals surface area contributed by atoms with E-state index < -0.39 is 5.91 Å². The summed E-state index contributed by atoms with van der Waals surface area (Å²) in [6, 6.07) is 0. The maximum Gasteiger partial charge on any atom is 0.290 e. The van der Waals surface area contributed by atoms with Crippen molar-refractivity contribution in [2.24, 2.45) is 5.73 Å². The lowest BCUT2D eigenvalue weighted by Crippen LogP contribution is -2.30. The molecule has 1 aromatic rings. The second kappa shape index (κ2) is 5.50. The van der Waals surface area contributed by atoms with E-state index in [0.717, 1.165) is 0 Å². The standard InChI is InChI=1S/C8H12N4O3S/c1-4(16-2)8(14)10-3-5-11-7(6(9)13)12-15-5/h4H,3H2,1-2H3,(H2,9,13)(H,10,14). The van der Waals surface area contributed by atoms with Crippen molar-refractivity contribution in [3.8, 4) is 0 Å². The Morgan fingerprint density at radius 1 is 1.62 bits per heavy atom. The van der Waals surface area contributed by atoms with Crippen LogP contribution in [0.15, 0.2) is 4.52 Å². The minimum absolute atomic E-state index is 0.0873. The minimum Gasteiger partial charge on any atom is -0.363 e. The smallest absolute Gasteiger partial charge is 0.290 e. The SMILES string of the molecule is CSC(C)C(=O)NCc1nc(C(N)=O)no1. The summed E-state index contributed by atoms with van der Waals surface area (Å²) >= 11 is 1.43. The number of thioether (sulfide) groups is 1. The first-order chi connectivity index (χ1) is 7.54. The number of carbonyl (C=O) groups is 2. The van der Waals surface area contributed by atoms with E-state index in [1.165, 1.54) is 11.8 Å². The molecule has 7 nitrogen and oxygen atoms in total. The highest BCUT2D eigenvalue weighted by molar-refractivity contribution is 7.99. The van der Waals surface area contributed by atoms with Gasteiger partial charge in [0.15, 0.2) is 0 Å². The summed E-state index contributed by atoms with van der Waals surface area (Å²) in [6.07, 6.45) is 1.84. The molecule has 88 valence electrons. The van der Waals surface area contributed by atoms with Crippen molar-refractivity contribution in [3.63, 3.8) is 0 Å². The predicted molar refractivity (Wildman–Crippen MR) is 57.6 cm³/mol. The Morgan fingerprint density at radius 3 is 2.81 bits per heavy atom. The summed E-state index contributed by atoms with van der Waals surface area (Å²) in [5.74, 6) is -0.942. The van der Waals surface area contributed by atoms with E-state index >= 15 is 0 Å². The van der Waals surface area contributed by atoms with Gasteiger partial charge in [-0.3, -0.25) is 9.59 Å². The molecule has 2 amide bonds. The van der Waals surface area contributed by atoms with E-state index in [4.69, 9.17) is 10.3 Å². The first kappa shape index (κ1) is 12.5. The molecule has 3 N–H and O–H groups in total. The zero-order chi connectivity index (χ0) is 12.1. The van der Waals surface area contributed by atoms with Gasteiger partial charge in [0, 0.05) is 0 Å². The number of rotatable bonds is 5. The maximum absolute atomic E-state index is 11.4. The fourth-order valence-corrected chi connectivity index (χ4v) is 1.14. The molecule has 1 aromatic heterocycles. The fraction of sp³-hybridized carbons (Fsp3) is 0.500. The highest BCUT2D eigenvalue weighted by Gasteiger charge is 2.14. The van der Waals surface area contributed by atoms with Crippen LogP contribution in [0.3, 0.4) is 0 Å². The molecule has 0 aliphatic carbocycles. The lowest BCUT2D eigenvalue weighted by atomic mass is 10.4. The summed E-state index contributed by atoms with van der Waals surface area (Å²) in [4.78, 5) is 25.7. The molecule has 1 rings (SSSR count). The largest absolute Gasteiger partial charge is 0.363 e. The molecule has 0 saturated carbocycles. The maximum atomic E-state index is 11.4. The molecule has 0 radical (unpaired) electrons. The van der Waals surface area contributed by atoms with Crippen LogP contribution in [0, 0.1) is 0 Å². The van der Waals surface area contributed by atoms with Crippen LogP contribution in [0.25, 0.3) is 0 Å². The molecular formula is C8H12N4O3S. The van der Waals surface area contributed by atoms with Gasteiger partial charge < -0.3 is 15.6 Å². The van der Waals surface area contributed by atoms with Crippen molar-refractivity contribution in [3.05, 3.63) is 11.7 Å². The number of carbonyl (C=O) groups excluding carboxylic acids is 2. The monoisotopic (exact) mass is 244 g/mol. The lowest BCUT2D eigenvalue weighted by Gasteiger charge is -2.06. The number of nitrogens with zero attached hydrogens (tertiary/aromatic N) is 2. The molecule has 1 atom stereocenters. The number of nitrogens with two attached hydrogens (primary N) is 1. The van der Waals surface area contributed by atoms with Crippen LogP contribution < -0.4 is 11.1 Å². The Balaban J connectivity index is 2.48. The van der Waals surface area contributed by atoms with E-state index in [1.54, 1.807) is 6.92 Å². The number of amides is 2. The zero-order valence-corrected chi connectivity index (χ0v) is 9.71. The van der Waals surface area contributed by atoms with Crippen molar-refractivity contribution in [2.45, 2.75) is 18.7 Å². The molecule has 16 heavy (non-hydrogen) atoms. The van der Waals surface area contributed by atoms with Crippen molar-refractivity contribution in [1.82, 2.24) is 15.5 Å². The molecule has 0 aliphatic heterocycles. The predicted octanol–water partition coefficient (Wildman–Crippen LogP) is -0.464. The van der Waals surface area contributed by atoms with Gasteiger partial charge in [0.05, 0.1) is 11.8 Å². The topological polar surface area (TPSA) is 111 Å². The third-order valence-corrected chi connectivity index (χ3v) is 2.75. The fourth-order valence-electron chi connectivity index (χ4n) is 0.840. The number of primary amides is 1. The molecule has 0 spiro atoms. The van der Waals surface area contributed by atoms with Crippen LogP contribution in [0.4, 0.5) is 0 Å². The molecule has 8 heteroatoms. The lowest BCUT2D eigenvalue weighted by molar-refractivity contribution is -0.120. The first-order valence-electron chi connectivity index (χ1n) is 4.47. The van der Waals surface area contributed by atoms with Crippen LogP contribution in [-0.2, 0) is 11.3 Å². The summed E-state index contributed by atoms with van der Waals surface area (Å²) in [6.45, 7) is 1.87. The number of hydrogen-bond acceptors (Lipinski definition) is 6. The van der Waals surface area contributed by atoms with Gasteiger partial charge in [-0.05, 0) is 13.2 Å². The van der Waals surface area contributed by atoms with Crippen LogP contribution in [0.2, 0.25) is 0 Å². The molecular weight excluding hydrogens is 232 g/mol. The van der Waals surface area contributed by atoms with Gasteiger partial charge in [-0.2, -0.15) is 16.7 Å². The quantitative estimate of drug-likeness (QED) is 0.724. The van der Waals surface area contributed by atoms with Crippen molar-refractivity contribution < 1.29 is 14.1 Å². The van der Waals surface area contributed by atoms with E-state index in [2.05, 4.69) is 15.5 Å². The Morgan fingerprint density at radius 2 is 2.31 bits per heavy atom. The van der Waals surface area contributed by atoms with Gasteiger partial charge >= 0.3 is 0 Å². The van der Waals surface area contributed by atoms with Gasteiger partial charge in [0.1, 0.15) is 0 Å². The second-order valence-corrected chi connectivity index (χ2v) is 4.15. The van der Waals surface area contributed by atoms with Gasteiger partial charge in [-0.25, -0.2) is 0 Å². The van der Waals surface area contributed by atoms with Crippen molar-refractivity contribution in [2.75, 3.05) is 6.26 Å². The Labute approximate surface area is 96.1 Å². The van der Waals surface area contributed by atoms with E-state index in [0.29, 0.717) is 0 Å². The minimum atomic E-state index is -0.765. The average molecular weight is 244 g/mol. The highest BCUT2D eigenvalue weighted by atomic mass is 32.2. The van der Waals surface area contributed by atoms with E-state index in [9.17, 15) is 9.59 Å². The Bertz CT molecular complexity index is 392. The van der Waals surface area contributed by atoms with Crippen molar-refractivity contribution >= 4 is 23.6 Å². The molecule has 0 fully saturated rings. The molecule has 0 bridgehead atoms. The summed E-state index contributed by atoms with van der Waals surface area (Å²) < 4.78 is 4.71. The first-order valence-corrected chi connectivity index (χ1v) is 5.76. The van der Waals surface area contributed by atoms with Crippen LogP contribution in [-0.4, -0.2) is 33.5 Å². The third kappa shape index (κ3) is 3.23. The van der Waals surface area contributed by atoms with Crippen LogP contribution in [0.1, 0.15) is 23.4 Å². The summed E-state index contributed by atoms with van der Waals surface area (Å²) in [5, 5.41) is 5.78. The van der Waals surface area contributed by atoms with Gasteiger partial charge in [0.2, 0.25) is 11.8 Å². The number of aromatic nitrogens is 2. The van der Waals surface area contributed by atoms with Crippen molar-refractivity contribution in [1.29, 1.82) is 0 Å². The van der Waals surface area contributed by atoms with Gasteiger partial charge in [0.25, 0.3) is 11.7 Å². The highest BCUT2D eigenvalue weighted by Crippen LogP contribution is 2.05. The second-order valence-electron chi connectivity index (χ2n) is 2.97. The van der Waals surface area contributed by atoms with E-state index in [1.807, 2.05) is 6.26 Å². The molecule has 0 saturated heterocycles. The molecule has 0 aromatic carbocycles. The Hall–Kier alpha value is -1.57. The molecule has 1 heterocycles. The van der Waals surface area contributed by atoms with E-state index in [-0.39, 0.29) is 29.4 Å². The normalized spacial score (nSPS) is 12.1. The van der Waals surface area contributed by atoms with Gasteiger partial charge in [-0.15, -0.1) is 0 Å². The summed E-state index contributed by atoms with van der Waals surface area (Å²) in [5.41, 5.74) is 4.94. The van der Waals surface area contributed by atoms with Crippen LogP contribution in [0.5, 0.6) is 0 Å². The third-order valence-electron chi connectivity index (χ3n) is 1.83. The average Bonchev–Trinajstić information content (AvgIpc) is 2.73.